The number of esters is 1. The molecule has 0 bridgehead atoms. The van der Waals surface area contributed by atoms with Crippen LogP contribution in [0.15, 0.2) is 6.07 Å². The summed E-state index contributed by atoms with van der Waals surface area (Å²) < 4.78 is 10.1. The standard InChI is InChI=1S/C16H23ClN4O4/c1-10-9-20(15(23)25-16(2,3)4)6-7-21(10)12-8-11(13(22)24-5)18-14(17)19-12/h8,10H,6-7,9H2,1-5H3/t10-/m0/s1. The van der Waals surface area contributed by atoms with Crippen LogP contribution in [0.3, 0.4) is 0 Å². The van der Waals surface area contributed by atoms with Crippen LogP contribution in [0.4, 0.5) is 10.6 Å². The SMILES string of the molecule is COC(=O)c1cc(N2CCN(C(=O)OC(C)(C)C)C[C@@H]2C)nc(Cl)n1. The van der Waals surface area contributed by atoms with Crippen molar-refractivity contribution in [3.05, 3.63) is 17.0 Å². The van der Waals surface area contributed by atoms with Gasteiger partial charge in [0.25, 0.3) is 0 Å². The summed E-state index contributed by atoms with van der Waals surface area (Å²) in [5.74, 6) is -0.0534. The fourth-order valence-corrected chi connectivity index (χ4v) is 2.73. The summed E-state index contributed by atoms with van der Waals surface area (Å²) >= 11 is 5.93. The zero-order valence-electron chi connectivity index (χ0n) is 15.1. The van der Waals surface area contributed by atoms with Crippen LogP contribution >= 0.6 is 11.6 Å². The fraction of sp³-hybridized carbons (Fsp3) is 0.625. The molecule has 1 aromatic rings. The molecule has 1 aliphatic rings. The third-order valence-electron chi connectivity index (χ3n) is 3.65. The molecule has 0 spiro atoms. The zero-order chi connectivity index (χ0) is 18.8. The van der Waals surface area contributed by atoms with Crippen LogP contribution in [-0.4, -0.2) is 65.3 Å². The number of rotatable bonds is 2. The Morgan fingerprint density at radius 1 is 1.28 bits per heavy atom. The summed E-state index contributed by atoms with van der Waals surface area (Å²) in [5.41, 5.74) is -0.438. The molecule has 1 amide bonds. The lowest BCUT2D eigenvalue weighted by Gasteiger charge is -2.40. The quantitative estimate of drug-likeness (QED) is 0.583. The number of halogens is 1. The van der Waals surface area contributed by atoms with E-state index in [1.54, 1.807) is 4.90 Å². The number of methoxy groups -OCH3 is 1. The molecule has 0 N–H and O–H groups in total. The maximum atomic E-state index is 12.2. The van der Waals surface area contributed by atoms with Crippen LogP contribution in [0.2, 0.25) is 5.28 Å². The van der Waals surface area contributed by atoms with Gasteiger partial charge in [-0.15, -0.1) is 0 Å². The van der Waals surface area contributed by atoms with Crippen LogP contribution in [0, 0.1) is 0 Å². The van der Waals surface area contributed by atoms with E-state index in [4.69, 9.17) is 16.3 Å². The Kier molecular flexibility index (Phi) is 5.72. The van der Waals surface area contributed by atoms with Crippen molar-refractivity contribution in [2.24, 2.45) is 0 Å². The fourth-order valence-electron chi connectivity index (χ4n) is 2.55. The van der Waals surface area contributed by atoms with E-state index in [2.05, 4.69) is 14.7 Å². The normalized spacial score (nSPS) is 18.1. The topological polar surface area (TPSA) is 84.9 Å². The molecule has 1 saturated heterocycles. The molecule has 1 aliphatic heterocycles. The maximum Gasteiger partial charge on any atom is 0.410 e. The van der Waals surface area contributed by atoms with E-state index >= 15 is 0 Å². The molecule has 1 aromatic heterocycles. The van der Waals surface area contributed by atoms with Gasteiger partial charge < -0.3 is 19.3 Å². The highest BCUT2D eigenvalue weighted by atomic mass is 35.5. The Balaban J connectivity index is 2.12. The minimum Gasteiger partial charge on any atom is -0.464 e. The van der Waals surface area contributed by atoms with Crippen molar-refractivity contribution in [2.75, 3.05) is 31.6 Å². The third kappa shape index (κ3) is 4.94. The summed E-state index contributed by atoms with van der Waals surface area (Å²) in [6.45, 7) is 8.96. The van der Waals surface area contributed by atoms with E-state index < -0.39 is 11.6 Å². The number of ether oxygens (including phenoxy) is 2. The lowest BCUT2D eigenvalue weighted by Crippen LogP contribution is -2.54. The molecule has 2 heterocycles. The molecular weight excluding hydrogens is 348 g/mol. The first-order valence-electron chi connectivity index (χ1n) is 7.98. The van der Waals surface area contributed by atoms with Gasteiger partial charge in [-0.2, -0.15) is 0 Å². The Morgan fingerprint density at radius 3 is 2.52 bits per heavy atom. The van der Waals surface area contributed by atoms with Gasteiger partial charge in [0.2, 0.25) is 5.28 Å². The summed E-state index contributed by atoms with van der Waals surface area (Å²) in [4.78, 5) is 35.6. The van der Waals surface area contributed by atoms with Gasteiger partial charge in [-0.3, -0.25) is 0 Å². The molecule has 0 aromatic carbocycles. The Bertz CT molecular complexity index is 662. The monoisotopic (exact) mass is 370 g/mol. The first kappa shape index (κ1) is 19.2. The van der Waals surface area contributed by atoms with Crippen molar-refractivity contribution >= 4 is 29.5 Å². The number of anilines is 1. The molecule has 1 fully saturated rings. The van der Waals surface area contributed by atoms with E-state index in [1.807, 2.05) is 32.6 Å². The highest BCUT2D eigenvalue weighted by Gasteiger charge is 2.31. The molecule has 9 heteroatoms. The van der Waals surface area contributed by atoms with Crippen molar-refractivity contribution in [3.8, 4) is 0 Å². The molecule has 138 valence electrons. The lowest BCUT2D eigenvalue weighted by molar-refractivity contribution is 0.0218. The van der Waals surface area contributed by atoms with Crippen LogP contribution in [0.25, 0.3) is 0 Å². The molecule has 1 atom stereocenters. The smallest absolute Gasteiger partial charge is 0.410 e. The molecule has 0 radical (unpaired) electrons. The van der Waals surface area contributed by atoms with Crippen LogP contribution in [-0.2, 0) is 9.47 Å². The van der Waals surface area contributed by atoms with Crippen molar-refractivity contribution in [1.29, 1.82) is 0 Å². The molecule has 0 saturated carbocycles. The third-order valence-corrected chi connectivity index (χ3v) is 3.82. The lowest BCUT2D eigenvalue weighted by atomic mass is 10.2. The second-order valence-electron chi connectivity index (χ2n) is 6.84. The van der Waals surface area contributed by atoms with Gasteiger partial charge in [0.15, 0.2) is 5.69 Å². The van der Waals surface area contributed by atoms with Crippen LogP contribution in [0.5, 0.6) is 0 Å². The summed E-state index contributed by atoms with van der Waals surface area (Å²) in [6, 6.07) is 1.51. The molecular formula is C16H23ClN4O4. The van der Waals surface area contributed by atoms with Crippen molar-refractivity contribution in [1.82, 2.24) is 14.9 Å². The Hall–Kier alpha value is -2.09. The molecule has 8 nitrogen and oxygen atoms in total. The number of carbonyl (C=O) groups is 2. The second-order valence-corrected chi connectivity index (χ2v) is 7.18. The molecule has 0 unspecified atom stereocenters. The highest BCUT2D eigenvalue weighted by molar-refractivity contribution is 6.28. The number of aromatic nitrogens is 2. The predicted octanol–water partition coefficient (Wildman–Crippen LogP) is 2.36. The second kappa shape index (κ2) is 7.43. The average molecular weight is 371 g/mol. The molecule has 25 heavy (non-hydrogen) atoms. The van der Waals surface area contributed by atoms with Gasteiger partial charge in [0.05, 0.1) is 7.11 Å². The van der Waals surface area contributed by atoms with Crippen molar-refractivity contribution < 1.29 is 19.1 Å². The van der Waals surface area contributed by atoms with E-state index in [9.17, 15) is 9.59 Å². The largest absolute Gasteiger partial charge is 0.464 e. The summed E-state index contributed by atoms with van der Waals surface area (Å²) in [6.07, 6.45) is -0.338. The van der Waals surface area contributed by atoms with Gasteiger partial charge in [0, 0.05) is 31.7 Å². The summed E-state index contributed by atoms with van der Waals surface area (Å²) in [7, 11) is 1.28. The number of hydrogen-bond acceptors (Lipinski definition) is 7. The first-order valence-corrected chi connectivity index (χ1v) is 8.36. The molecule has 0 aliphatic carbocycles. The number of amides is 1. The Labute approximate surface area is 152 Å². The minimum atomic E-state index is -0.578. The first-order chi connectivity index (χ1) is 11.6. The number of carbonyl (C=O) groups excluding carboxylic acids is 2. The maximum absolute atomic E-state index is 12.2. The predicted molar refractivity (Wildman–Crippen MR) is 93.0 cm³/mol. The van der Waals surface area contributed by atoms with Gasteiger partial charge >= 0.3 is 12.1 Å². The number of piperazine rings is 1. The van der Waals surface area contributed by atoms with Crippen molar-refractivity contribution in [3.63, 3.8) is 0 Å². The highest BCUT2D eigenvalue weighted by Crippen LogP contribution is 2.22. The zero-order valence-corrected chi connectivity index (χ0v) is 15.8. The molecule has 2 rings (SSSR count). The van der Waals surface area contributed by atoms with Gasteiger partial charge in [-0.05, 0) is 39.3 Å². The Morgan fingerprint density at radius 2 is 1.96 bits per heavy atom. The van der Waals surface area contributed by atoms with Gasteiger partial charge in [-0.25, -0.2) is 19.6 Å². The minimum absolute atomic E-state index is 0.0281. The van der Waals surface area contributed by atoms with Crippen molar-refractivity contribution in [2.45, 2.75) is 39.3 Å². The van der Waals surface area contributed by atoms with Gasteiger partial charge in [-0.1, -0.05) is 0 Å². The van der Waals surface area contributed by atoms with Crippen LogP contribution < -0.4 is 4.90 Å². The average Bonchev–Trinajstić information content (AvgIpc) is 2.51. The van der Waals surface area contributed by atoms with E-state index in [0.29, 0.717) is 25.5 Å². The van der Waals surface area contributed by atoms with E-state index in [-0.39, 0.29) is 23.1 Å². The van der Waals surface area contributed by atoms with Gasteiger partial charge in [0.1, 0.15) is 11.4 Å². The number of hydrogen-bond donors (Lipinski definition) is 0. The van der Waals surface area contributed by atoms with E-state index in [1.165, 1.54) is 13.2 Å². The van der Waals surface area contributed by atoms with E-state index in [0.717, 1.165) is 0 Å². The van der Waals surface area contributed by atoms with Crippen LogP contribution in [0.1, 0.15) is 38.2 Å². The summed E-state index contributed by atoms with van der Waals surface area (Å²) in [5, 5.41) is -0.0281. The number of nitrogens with zero attached hydrogens (tertiary/aromatic N) is 4.